The van der Waals surface area contributed by atoms with Gasteiger partial charge in [0.25, 0.3) is 0 Å². The summed E-state index contributed by atoms with van der Waals surface area (Å²) in [5, 5.41) is 3.39. The molecular weight excluding hydrogens is 208 g/mol. The SMILES string of the molecule is [N-]=[N+]=NCc1ncccc1Br. The van der Waals surface area contributed by atoms with Crippen LogP contribution in [0, 0.1) is 0 Å². The van der Waals surface area contributed by atoms with E-state index >= 15 is 0 Å². The Labute approximate surface area is 72.0 Å². The maximum absolute atomic E-state index is 8.03. The van der Waals surface area contributed by atoms with Crippen molar-refractivity contribution in [2.75, 3.05) is 0 Å². The van der Waals surface area contributed by atoms with E-state index in [0.717, 1.165) is 10.2 Å². The second-order valence-electron chi connectivity index (χ2n) is 1.82. The summed E-state index contributed by atoms with van der Waals surface area (Å²) in [5.41, 5.74) is 8.79. The lowest BCUT2D eigenvalue weighted by atomic mass is 10.4. The quantitative estimate of drug-likeness (QED) is 0.423. The van der Waals surface area contributed by atoms with Crippen LogP contribution in [0.25, 0.3) is 10.4 Å². The van der Waals surface area contributed by atoms with Crippen LogP contribution in [0.2, 0.25) is 0 Å². The van der Waals surface area contributed by atoms with Gasteiger partial charge in [-0.1, -0.05) is 5.11 Å². The highest BCUT2D eigenvalue weighted by Gasteiger charge is 1.95. The molecule has 56 valence electrons. The fourth-order valence-corrected chi connectivity index (χ4v) is 1.01. The number of halogens is 1. The van der Waals surface area contributed by atoms with Crippen molar-refractivity contribution in [3.8, 4) is 0 Å². The first kappa shape index (κ1) is 8.04. The molecule has 1 aromatic heterocycles. The lowest BCUT2D eigenvalue weighted by Crippen LogP contribution is -1.86. The third-order valence-corrected chi connectivity index (χ3v) is 1.84. The van der Waals surface area contributed by atoms with E-state index < -0.39 is 0 Å². The minimum atomic E-state index is 0.290. The monoisotopic (exact) mass is 212 g/mol. The summed E-state index contributed by atoms with van der Waals surface area (Å²) in [6, 6.07) is 3.67. The third kappa shape index (κ3) is 2.22. The van der Waals surface area contributed by atoms with Crippen LogP contribution in [-0.2, 0) is 6.54 Å². The summed E-state index contributed by atoms with van der Waals surface area (Å²) < 4.78 is 0.868. The first-order valence-corrected chi connectivity index (χ1v) is 3.74. The summed E-state index contributed by atoms with van der Waals surface area (Å²) in [6.45, 7) is 0.290. The van der Waals surface area contributed by atoms with Gasteiger partial charge in [0.1, 0.15) is 0 Å². The normalized spacial score (nSPS) is 8.82. The average molecular weight is 213 g/mol. The summed E-state index contributed by atoms with van der Waals surface area (Å²) >= 11 is 3.28. The van der Waals surface area contributed by atoms with Crippen LogP contribution in [0.3, 0.4) is 0 Å². The fraction of sp³-hybridized carbons (Fsp3) is 0.167. The first-order chi connectivity index (χ1) is 5.34. The Balaban J connectivity index is 2.85. The van der Waals surface area contributed by atoms with Gasteiger partial charge in [0.15, 0.2) is 0 Å². The Hall–Kier alpha value is -1.06. The number of nitrogens with zero attached hydrogens (tertiary/aromatic N) is 4. The molecule has 0 N–H and O–H groups in total. The molecule has 0 aromatic carbocycles. The Morgan fingerprint density at radius 1 is 1.73 bits per heavy atom. The van der Waals surface area contributed by atoms with Gasteiger partial charge in [-0.2, -0.15) is 0 Å². The molecule has 0 aliphatic rings. The van der Waals surface area contributed by atoms with Gasteiger partial charge in [-0.3, -0.25) is 4.98 Å². The van der Waals surface area contributed by atoms with Gasteiger partial charge in [0.05, 0.1) is 12.2 Å². The maximum Gasteiger partial charge on any atom is 0.0695 e. The molecule has 0 amide bonds. The van der Waals surface area contributed by atoms with E-state index in [1.807, 2.05) is 12.1 Å². The molecule has 4 nitrogen and oxygen atoms in total. The molecule has 0 aliphatic heterocycles. The molecule has 0 radical (unpaired) electrons. The van der Waals surface area contributed by atoms with Crippen LogP contribution in [-0.4, -0.2) is 4.98 Å². The molecule has 0 spiro atoms. The van der Waals surface area contributed by atoms with Crippen molar-refractivity contribution < 1.29 is 0 Å². The van der Waals surface area contributed by atoms with Crippen molar-refractivity contribution >= 4 is 15.9 Å². The maximum atomic E-state index is 8.03. The van der Waals surface area contributed by atoms with Gasteiger partial charge in [0, 0.05) is 15.6 Å². The van der Waals surface area contributed by atoms with Crippen molar-refractivity contribution in [1.82, 2.24) is 4.98 Å². The standard InChI is InChI=1S/C6H5BrN4/c7-5-2-1-3-9-6(5)4-10-11-8/h1-3H,4H2. The Kier molecular flexibility index (Phi) is 2.89. The molecule has 1 rings (SSSR count). The van der Waals surface area contributed by atoms with Crippen LogP contribution >= 0.6 is 15.9 Å². The zero-order chi connectivity index (χ0) is 8.10. The van der Waals surface area contributed by atoms with Crippen LogP contribution in [0.15, 0.2) is 27.9 Å². The zero-order valence-corrected chi connectivity index (χ0v) is 7.19. The van der Waals surface area contributed by atoms with E-state index in [-0.39, 0.29) is 6.54 Å². The smallest absolute Gasteiger partial charge is 0.0695 e. The number of hydrogen-bond acceptors (Lipinski definition) is 2. The lowest BCUT2D eigenvalue weighted by molar-refractivity contribution is 0.966. The Morgan fingerprint density at radius 2 is 2.55 bits per heavy atom. The van der Waals surface area contributed by atoms with Crippen LogP contribution in [0.4, 0.5) is 0 Å². The van der Waals surface area contributed by atoms with Crippen LogP contribution < -0.4 is 0 Å². The molecule has 5 heteroatoms. The van der Waals surface area contributed by atoms with Gasteiger partial charge in [-0.25, -0.2) is 0 Å². The van der Waals surface area contributed by atoms with Gasteiger partial charge >= 0.3 is 0 Å². The Morgan fingerprint density at radius 3 is 3.18 bits per heavy atom. The van der Waals surface area contributed by atoms with Gasteiger partial charge in [0.2, 0.25) is 0 Å². The fourth-order valence-electron chi connectivity index (χ4n) is 0.633. The van der Waals surface area contributed by atoms with Crippen molar-refractivity contribution in [2.24, 2.45) is 5.11 Å². The molecule has 11 heavy (non-hydrogen) atoms. The number of rotatable bonds is 2. The minimum Gasteiger partial charge on any atom is -0.260 e. The predicted molar refractivity (Wildman–Crippen MR) is 44.8 cm³/mol. The third-order valence-electron chi connectivity index (χ3n) is 1.12. The van der Waals surface area contributed by atoms with Gasteiger partial charge in [-0.15, -0.1) is 0 Å². The minimum absolute atomic E-state index is 0.290. The summed E-state index contributed by atoms with van der Waals surface area (Å²) in [6.07, 6.45) is 1.66. The van der Waals surface area contributed by atoms with E-state index in [4.69, 9.17) is 5.53 Å². The van der Waals surface area contributed by atoms with E-state index in [0.29, 0.717) is 0 Å². The van der Waals surface area contributed by atoms with Crippen LogP contribution in [0.1, 0.15) is 5.69 Å². The number of hydrogen-bond donors (Lipinski definition) is 0. The molecule has 0 unspecified atom stereocenters. The summed E-state index contributed by atoms with van der Waals surface area (Å²) in [7, 11) is 0. The lowest BCUT2D eigenvalue weighted by Gasteiger charge is -1.95. The van der Waals surface area contributed by atoms with Gasteiger partial charge < -0.3 is 0 Å². The second kappa shape index (κ2) is 3.95. The van der Waals surface area contributed by atoms with E-state index in [1.165, 1.54) is 0 Å². The summed E-state index contributed by atoms with van der Waals surface area (Å²) in [4.78, 5) is 6.64. The first-order valence-electron chi connectivity index (χ1n) is 2.95. The predicted octanol–water partition coefficient (Wildman–Crippen LogP) is 2.65. The zero-order valence-electron chi connectivity index (χ0n) is 5.61. The van der Waals surface area contributed by atoms with E-state index in [2.05, 4.69) is 30.9 Å². The number of pyridine rings is 1. The Bertz CT molecular complexity index is 292. The van der Waals surface area contributed by atoms with E-state index in [1.54, 1.807) is 6.20 Å². The molecule has 0 atom stereocenters. The molecule has 0 saturated heterocycles. The molecule has 0 bridgehead atoms. The largest absolute Gasteiger partial charge is 0.260 e. The van der Waals surface area contributed by atoms with E-state index in [9.17, 15) is 0 Å². The van der Waals surface area contributed by atoms with Crippen LogP contribution in [0.5, 0.6) is 0 Å². The average Bonchev–Trinajstić information content (AvgIpc) is 2.03. The summed E-state index contributed by atoms with van der Waals surface area (Å²) in [5.74, 6) is 0. The highest BCUT2D eigenvalue weighted by molar-refractivity contribution is 9.10. The van der Waals surface area contributed by atoms with Crippen molar-refractivity contribution in [3.63, 3.8) is 0 Å². The number of azide groups is 1. The molecule has 1 heterocycles. The topological polar surface area (TPSA) is 61.7 Å². The molecule has 1 aromatic rings. The highest BCUT2D eigenvalue weighted by atomic mass is 79.9. The molecule has 0 fully saturated rings. The van der Waals surface area contributed by atoms with Crippen molar-refractivity contribution in [2.45, 2.75) is 6.54 Å². The molecular formula is C6H5BrN4. The second-order valence-corrected chi connectivity index (χ2v) is 2.68. The highest BCUT2D eigenvalue weighted by Crippen LogP contribution is 2.13. The van der Waals surface area contributed by atoms with Crippen molar-refractivity contribution in [3.05, 3.63) is 38.9 Å². The van der Waals surface area contributed by atoms with Crippen molar-refractivity contribution in [1.29, 1.82) is 0 Å². The molecule has 0 aliphatic carbocycles. The van der Waals surface area contributed by atoms with Gasteiger partial charge in [-0.05, 0) is 33.6 Å². The number of aromatic nitrogens is 1. The molecule has 0 saturated carbocycles.